The number of hydrogen-bond donors (Lipinski definition) is 0. The van der Waals surface area contributed by atoms with Gasteiger partial charge in [-0.05, 0) is 112 Å². The molecule has 0 amide bonds. The molecule has 0 fully saturated rings. The molecule has 11 rings (SSSR count). The summed E-state index contributed by atoms with van der Waals surface area (Å²) >= 11 is 0. The van der Waals surface area contributed by atoms with Crippen LogP contribution >= 0.6 is 0 Å². The molecule has 0 unspecified atom stereocenters. The molecule has 0 spiro atoms. The van der Waals surface area contributed by atoms with Crippen molar-refractivity contribution in [1.29, 1.82) is 0 Å². The number of hydrogen-bond acceptors (Lipinski definition) is 2. The standard InChI is InChI=1S/C51H31NO/c1-3-12-32(13-4-1)35-24-27-39-36(30-35)16-11-21-41(39)49-44-19-9-7-17-42(44)47(43-18-8-10-20-45(43)49)38-25-28-40-37(31-38)23-22-33-26-29-46-50(48(33)40)53-51(52-46)34-14-5-2-6-15-34/h1-31H. The van der Waals surface area contributed by atoms with Gasteiger partial charge in [0.15, 0.2) is 5.58 Å². The van der Waals surface area contributed by atoms with Crippen molar-refractivity contribution in [1.82, 2.24) is 4.98 Å². The van der Waals surface area contributed by atoms with Crippen LogP contribution in [-0.4, -0.2) is 4.98 Å². The molecule has 53 heavy (non-hydrogen) atoms. The van der Waals surface area contributed by atoms with Gasteiger partial charge in [-0.15, -0.1) is 0 Å². The summed E-state index contributed by atoms with van der Waals surface area (Å²) in [6.45, 7) is 0. The molecule has 0 N–H and O–H groups in total. The maximum absolute atomic E-state index is 6.51. The molecule has 246 valence electrons. The van der Waals surface area contributed by atoms with Crippen molar-refractivity contribution in [2.24, 2.45) is 0 Å². The fraction of sp³-hybridized carbons (Fsp3) is 0. The first-order valence-corrected chi connectivity index (χ1v) is 18.1. The molecule has 2 heteroatoms. The minimum atomic E-state index is 0.641. The predicted molar refractivity (Wildman–Crippen MR) is 223 cm³/mol. The summed E-state index contributed by atoms with van der Waals surface area (Å²) in [6, 6.07) is 67.7. The Bertz CT molecular complexity index is 3160. The third kappa shape index (κ3) is 4.70. The van der Waals surface area contributed by atoms with Crippen molar-refractivity contribution >= 4 is 65.0 Å². The van der Waals surface area contributed by atoms with E-state index in [1.54, 1.807) is 0 Å². The molecule has 1 heterocycles. The lowest BCUT2D eigenvalue weighted by atomic mass is 9.84. The SMILES string of the molecule is c1ccc(-c2ccc3c(-c4c5ccccc5c(-c5ccc6c(ccc7ccc8nc(-c9ccccc9)oc8c76)c5)c5ccccc45)cccc3c2)cc1. The van der Waals surface area contributed by atoms with Gasteiger partial charge in [0.05, 0.1) is 0 Å². The molecule has 1 aromatic heterocycles. The third-order valence-electron chi connectivity index (χ3n) is 10.9. The fourth-order valence-corrected chi connectivity index (χ4v) is 8.43. The van der Waals surface area contributed by atoms with Gasteiger partial charge in [-0.1, -0.05) is 158 Å². The smallest absolute Gasteiger partial charge is 0.227 e. The third-order valence-corrected chi connectivity index (χ3v) is 10.9. The molecule has 2 nitrogen and oxygen atoms in total. The maximum atomic E-state index is 6.51. The summed E-state index contributed by atoms with van der Waals surface area (Å²) in [5.74, 6) is 0.641. The van der Waals surface area contributed by atoms with Crippen LogP contribution in [0.4, 0.5) is 0 Å². The largest absolute Gasteiger partial charge is 0.435 e. The van der Waals surface area contributed by atoms with E-state index in [9.17, 15) is 0 Å². The summed E-state index contributed by atoms with van der Waals surface area (Å²) < 4.78 is 6.51. The highest BCUT2D eigenvalue weighted by atomic mass is 16.3. The van der Waals surface area contributed by atoms with Gasteiger partial charge < -0.3 is 4.42 Å². The van der Waals surface area contributed by atoms with E-state index < -0.39 is 0 Å². The van der Waals surface area contributed by atoms with Crippen molar-refractivity contribution in [2.75, 3.05) is 0 Å². The lowest BCUT2D eigenvalue weighted by Gasteiger charge is -2.19. The molecule has 10 aromatic carbocycles. The Morgan fingerprint density at radius 3 is 1.64 bits per heavy atom. The molecule has 11 aromatic rings. The van der Waals surface area contributed by atoms with Gasteiger partial charge in [-0.2, -0.15) is 0 Å². The lowest BCUT2D eigenvalue weighted by Crippen LogP contribution is -1.92. The molecule has 0 saturated heterocycles. The lowest BCUT2D eigenvalue weighted by molar-refractivity contribution is 0.623. The quantitative estimate of drug-likeness (QED) is 0.137. The first-order valence-electron chi connectivity index (χ1n) is 18.1. The minimum Gasteiger partial charge on any atom is -0.435 e. The van der Waals surface area contributed by atoms with Crippen molar-refractivity contribution < 1.29 is 4.42 Å². The van der Waals surface area contributed by atoms with E-state index >= 15 is 0 Å². The molecule has 0 saturated carbocycles. The number of oxazole rings is 1. The molecule has 0 aliphatic carbocycles. The molecule has 0 aliphatic rings. The second-order valence-electron chi connectivity index (χ2n) is 13.8. The van der Waals surface area contributed by atoms with E-state index in [4.69, 9.17) is 9.40 Å². The minimum absolute atomic E-state index is 0.641. The Hall–Kier alpha value is -7.03. The van der Waals surface area contributed by atoms with Crippen LogP contribution in [0.5, 0.6) is 0 Å². The van der Waals surface area contributed by atoms with E-state index in [0.29, 0.717) is 5.89 Å². The Morgan fingerprint density at radius 2 is 0.906 bits per heavy atom. The summed E-state index contributed by atoms with van der Waals surface area (Å²) in [7, 11) is 0. The van der Waals surface area contributed by atoms with E-state index in [-0.39, 0.29) is 0 Å². The number of fused-ring (bicyclic) bond motifs is 8. The maximum Gasteiger partial charge on any atom is 0.227 e. The average molecular weight is 674 g/mol. The molecular weight excluding hydrogens is 643 g/mol. The molecule has 0 bridgehead atoms. The number of nitrogens with zero attached hydrogens (tertiary/aromatic N) is 1. The molecule has 0 radical (unpaired) electrons. The summed E-state index contributed by atoms with van der Waals surface area (Å²) in [4.78, 5) is 4.88. The first-order chi connectivity index (χ1) is 26.3. The van der Waals surface area contributed by atoms with Crippen LogP contribution in [0.1, 0.15) is 0 Å². The van der Waals surface area contributed by atoms with Crippen molar-refractivity contribution in [3.63, 3.8) is 0 Å². The monoisotopic (exact) mass is 673 g/mol. The highest BCUT2D eigenvalue weighted by Gasteiger charge is 2.19. The highest BCUT2D eigenvalue weighted by Crippen LogP contribution is 2.46. The van der Waals surface area contributed by atoms with E-state index in [2.05, 4.69) is 158 Å². The fourth-order valence-electron chi connectivity index (χ4n) is 8.43. The first kappa shape index (κ1) is 29.7. The normalized spacial score (nSPS) is 11.8. The van der Waals surface area contributed by atoms with Crippen molar-refractivity contribution in [3.8, 4) is 44.8 Å². The number of benzene rings is 10. The van der Waals surface area contributed by atoms with Gasteiger partial charge >= 0.3 is 0 Å². The van der Waals surface area contributed by atoms with Gasteiger partial charge in [0.1, 0.15) is 5.52 Å². The van der Waals surface area contributed by atoms with Crippen LogP contribution in [0.25, 0.3) is 110 Å². The number of aromatic nitrogens is 1. The Labute approximate surface area is 306 Å². The summed E-state index contributed by atoms with van der Waals surface area (Å²) in [6.07, 6.45) is 0. The van der Waals surface area contributed by atoms with Gasteiger partial charge in [-0.25, -0.2) is 4.98 Å². The van der Waals surface area contributed by atoms with Crippen LogP contribution in [0.15, 0.2) is 192 Å². The zero-order chi connectivity index (χ0) is 34.9. The van der Waals surface area contributed by atoms with E-state index in [0.717, 1.165) is 32.8 Å². The van der Waals surface area contributed by atoms with Gasteiger partial charge in [0.2, 0.25) is 5.89 Å². The number of rotatable bonds is 4. The zero-order valence-electron chi connectivity index (χ0n) is 28.8. The molecular formula is C51H31NO. The summed E-state index contributed by atoms with van der Waals surface area (Å²) in [5.41, 5.74) is 10.1. The Morgan fingerprint density at radius 1 is 0.340 bits per heavy atom. The second-order valence-corrected chi connectivity index (χ2v) is 13.8. The zero-order valence-corrected chi connectivity index (χ0v) is 28.8. The van der Waals surface area contributed by atoms with Crippen LogP contribution in [-0.2, 0) is 0 Å². The second kappa shape index (κ2) is 11.8. The van der Waals surface area contributed by atoms with Crippen LogP contribution < -0.4 is 0 Å². The topological polar surface area (TPSA) is 26.0 Å². The van der Waals surface area contributed by atoms with Crippen LogP contribution in [0.3, 0.4) is 0 Å². The van der Waals surface area contributed by atoms with Crippen molar-refractivity contribution in [3.05, 3.63) is 188 Å². The van der Waals surface area contributed by atoms with Gasteiger partial charge in [-0.3, -0.25) is 0 Å². The van der Waals surface area contributed by atoms with Crippen LogP contribution in [0, 0.1) is 0 Å². The van der Waals surface area contributed by atoms with Gasteiger partial charge in [0.25, 0.3) is 0 Å². The average Bonchev–Trinajstić information content (AvgIpc) is 3.68. The van der Waals surface area contributed by atoms with Crippen molar-refractivity contribution in [2.45, 2.75) is 0 Å². The van der Waals surface area contributed by atoms with Crippen LogP contribution in [0.2, 0.25) is 0 Å². The molecule has 0 aliphatic heterocycles. The van der Waals surface area contributed by atoms with E-state index in [1.807, 2.05) is 30.3 Å². The highest BCUT2D eigenvalue weighted by molar-refractivity contribution is 6.25. The van der Waals surface area contributed by atoms with Gasteiger partial charge in [0, 0.05) is 10.9 Å². The predicted octanol–water partition coefficient (Wildman–Crippen LogP) is 14.3. The summed E-state index contributed by atoms with van der Waals surface area (Å²) in [5, 5.41) is 12.0. The van der Waals surface area contributed by atoms with E-state index in [1.165, 1.54) is 71.1 Å². The Kier molecular flexibility index (Phi) is 6.59. The Balaban J connectivity index is 1.13. The molecule has 0 atom stereocenters.